The Labute approximate surface area is 146 Å². The summed E-state index contributed by atoms with van der Waals surface area (Å²) in [6.07, 6.45) is 4.59. The number of nitrogens with zero attached hydrogens (tertiary/aromatic N) is 3. The quantitative estimate of drug-likeness (QED) is 0.668. The summed E-state index contributed by atoms with van der Waals surface area (Å²) >= 11 is 5.17. The topological polar surface area (TPSA) is 38.1 Å². The van der Waals surface area contributed by atoms with Gasteiger partial charge in [-0.2, -0.15) is 5.10 Å². The molecule has 4 rings (SSSR count). The standard InChI is InChI=1S/C17H14BrN3OS/c18-14-9-19-21(11-14)15-3-1-12(2-4-15)17(22)20-7-5-16-13(10-20)6-8-23-16/h1-4,6,8-9,11H,5,7,10H2. The van der Waals surface area contributed by atoms with Crippen LogP contribution in [-0.4, -0.2) is 27.1 Å². The van der Waals surface area contributed by atoms with Gasteiger partial charge in [-0.25, -0.2) is 4.68 Å². The number of hydrogen-bond acceptors (Lipinski definition) is 3. The van der Waals surface area contributed by atoms with Crippen molar-refractivity contribution in [3.8, 4) is 5.69 Å². The average molecular weight is 388 g/mol. The number of rotatable bonds is 2. The zero-order valence-corrected chi connectivity index (χ0v) is 14.7. The molecule has 0 saturated heterocycles. The highest BCUT2D eigenvalue weighted by Crippen LogP contribution is 2.25. The Morgan fingerprint density at radius 2 is 2.04 bits per heavy atom. The van der Waals surface area contributed by atoms with E-state index in [1.807, 2.05) is 35.4 Å². The molecule has 0 atom stereocenters. The molecule has 6 heteroatoms. The first-order valence-electron chi connectivity index (χ1n) is 7.36. The van der Waals surface area contributed by atoms with E-state index in [-0.39, 0.29) is 5.91 Å². The van der Waals surface area contributed by atoms with Gasteiger partial charge in [0.05, 0.1) is 16.4 Å². The van der Waals surface area contributed by atoms with E-state index >= 15 is 0 Å². The van der Waals surface area contributed by atoms with Gasteiger partial charge in [0.15, 0.2) is 0 Å². The predicted molar refractivity (Wildman–Crippen MR) is 94.0 cm³/mol. The first kappa shape index (κ1) is 14.7. The molecule has 0 aliphatic carbocycles. The second-order valence-electron chi connectivity index (χ2n) is 5.50. The molecule has 1 aliphatic rings. The monoisotopic (exact) mass is 387 g/mol. The molecule has 0 unspecified atom stereocenters. The molecule has 3 aromatic rings. The van der Waals surface area contributed by atoms with E-state index in [1.54, 1.807) is 22.2 Å². The lowest BCUT2D eigenvalue weighted by atomic mass is 10.1. The zero-order chi connectivity index (χ0) is 15.8. The number of carbonyl (C=O) groups is 1. The number of aromatic nitrogens is 2. The summed E-state index contributed by atoms with van der Waals surface area (Å²) in [6.45, 7) is 1.51. The number of amides is 1. The highest BCUT2D eigenvalue weighted by atomic mass is 79.9. The van der Waals surface area contributed by atoms with Crippen molar-refractivity contribution >= 4 is 33.2 Å². The van der Waals surface area contributed by atoms with E-state index in [0.29, 0.717) is 6.54 Å². The van der Waals surface area contributed by atoms with Crippen LogP contribution in [0.15, 0.2) is 52.6 Å². The molecule has 23 heavy (non-hydrogen) atoms. The zero-order valence-electron chi connectivity index (χ0n) is 12.3. The molecule has 0 radical (unpaired) electrons. The number of carbonyl (C=O) groups excluding carboxylic acids is 1. The van der Waals surface area contributed by atoms with Crippen molar-refractivity contribution in [2.45, 2.75) is 13.0 Å². The third-order valence-electron chi connectivity index (χ3n) is 4.02. The molecule has 116 valence electrons. The molecule has 0 bridgehead atoms. The molecule has 2 aromatic heterocycles. The highest BCUT2D eigenvalue weighted by Gasteiger charge is 2.22. The largest absolute Gasteiger partial charge is 0.334 e. The summed E-state index contributed by atoms with van der Waals surface area (Å²) in [5.74, 6) is 0.0926. The van der Waals surface area contributed by atoms with Crippen molar-refractivity contribution in [1.82, 2.24) is 14.7 Å². The van der Waals surface area contributed by atoms with Crippen molar-refractivity contribution in [1.29, 1.82) is 0 Å². The van der Waals surface area contributed by atoms with E-state index in [1.165, 1.54) is 10.4 Å². The maximum atomic E-state index is 12.7. The van der Waals surface area contributed by atoms with Crippen molar-refractivity contribution in [2.24, 2.45) is 0 Å². The third-order valence-corrected chi connectivity index (χ3v) is 5.46. The summed E-state index contributed by atoms with van der Waals surface area (Å²) in [7, 11) is 0. The van der Waals surface area contributed by atoms with Crippen molar-refractivity contribution in [2.75, 3.05) is 6.54 Å². The summed E-state index contributed by atoms with van der Waals surface area (Å²) in [5, 5.41) is 6.35. The molecule has 0 spiro atoms. The van der Waals surface area contributed by atoms with Gasteiger partial charge in [0.1, 0.15) is 0 Å². The Hall–Kier alpha value is -1.92. The highest BCUT2D eigenvalue weighted by molar-refractivity contribution is 9.10. The minimum atomic E-state index is 0.0926. The lowest BCUT2D eigenvalue weighted by Crippen LogP contribution is -2.35. The number of benzene rings is 1. The van der Waals surface area contributed by atoms with Crippen LogP contribution in [0.3, 0.4) is 0 Å². The van der Waals surface area contributed by atoms with Crippen LogP contribution < -0.4 is 0 Å². The molecular formula is C17H14BrN3OS. The Bertz CT molecular complexity index is 853. The van der Waals surface area contributed by atoms with Crippen LogP contribution in [0, 0.1) is 0 Å². The lowest BCUT2D eigenvalue weighted by molar-refractivity contribution is 0.0736. The Kier molecular flexibility index (Phi) is 3.79. The number of halogens is 1. The molecule has 0 fully saturated rings. The first-order valence-corrected chi connectivity index (χ1v) is 9.03. The molecule has 1 aliphatic heterocycles. The van der Waals surface area contributed by atoms with E-state index in [0.717, 1.165) is 28.7 Å². The van der Waals surface area contributed by atoms with Crippen molar-refractivity contribution in [3.05, 3.63) is 68.6 Å². The van der Waals surface area contributed by atoms with E-state index < -0.39 is 0 Å². The summed E-state index contributed by atoms with van der Waals surface area (Å²) in [4.78, 5) is 16.0. The fraction of sp³-hybridized carbons (Fsp3) is 0.176. The van der Waals surface area contributed by atoms with Gasteiger partial charge in [-0.1, -0.05) is 0 Å². The average Bonchev–Trinajstić information content (AvgIpc) is 3.22. The fourth-order valence-corrected chi connectivity index (χ4v) is 3.98. The molecular weight excluding hydrogens is 374 g/mol. The second-order valence-corrected chi connectivity index (χ2v) is 7.41. The second kappa shape index (κ2) is 5.94. The van der Waals surface area contributed by atoms with Gasteiger partial charge in [-0.15, -0.1) is 11.3 Å². The normalized spacial score (nSPS) is 13.9. The van der Waals surface area contributed by atoms with Gasteiger partial charge >= 0.3 is 0 Å². The third kappa shape index (κ3) is 2.84. The Balaban J connectivity index is 1.53. The maximum absolute atomic E-state index is 12.7. The minimum Gasteiger partial charge on any atom is -0.334 e. The van der Waals surface area contributed by atoms with Gasteiger partial charge in [-0.05, 0) is 63.6 Å². The van der Waals surface area contributed by atoms with Crippen LogP contribution >= 0.6 is 27.3 Å². The van der Waals surface area contributed by atoms with Crippen LogP contribution in [0.25, 0.3) is 5.69 Å². The fourth-order valence-electron chi connectivity index (χ4n) is 2.80. The summed E-state index contributed by atoms with van der Waals surface area (Å²) < 4.78 is 2.70. The van der Waals surface area contributed by atoms with Crippen LogP contribution in [0.1, 0.15) is 20.8 Å². The lowest BCUT2D eigenvalue weighted by Gasteiger charge is -2.27. The van der Waals surface area contributed by atoms with Crippen LogP contribution in [0.5, 0.6) is 0 Å². The number of fused-ring (bicyclic) bond motifs is 1. The van der Waals surface area contributed by atoms with E-state index in [9.17, 15) is 4.79 Å². The molecule has 1 amide bonds. The van der Waals surface area contributed by atoms with Gasteiger partial charge in [0.25, 0.3) is 5.91 Å². The van der Waals surface area contributed by atoms with E-state index in [2.05, 4.69) is 32.5 Å². The van der Waals surface area contributed by atoms with Crippen LogP contribution in [0.4, 0.5) is 0 Å². The van der Waals surface area contributed by atoms with Crippen molar-refractivity contribution < 1.29 is 4.79 Å². The molecule has 0 N–H and O–H groups in total. The van der Waals surface area contributed by atoms with Gasteiger partial charge in [-0.3, -0.25) is 4.79 Å². The van der Waals surface area contributed by atoms with Crippen LogP contribution in [-0.2, 0) is 13.0 Å². The van der Waals surface area contributed by atoms with Gasteiger partial charge in [0, 0.05) is 29.7 Å². The summed E-state index contributed by atoms with van der Waals surface area (Å²) in [5.41, 5.74) is 2.94. The smallest absolute Gasteiger partial charge is 0.254 e. The van der Waals surface area contributed by atoms with Crippen LogP contribution in [0.2, 0.25) is 0 Å². The molecule has 0 saturated carbocycles. The SMILES string of the molecule is O=C(c1ccc(-n2cc(Br)cn2)cc1)N1CCc2sccc2C1. The first-order chi connectivity index (χ1) is 11.2. The summed E-state index contributed by atoms with van der Waals surface area (Å²) in [6, 6.07) is 9.71. The number of thiophene rings is 1. The molecule has 4 nitrogen and oxygen atoms in total. The van der Waals surface area contributed by atoms with Gasteiger partial charge in [0.2, 0.25) is 0 Å². The van der Waals surface area contributed by atoms with E-state index in [4.69, 9.17) is 0 Å². The Morgan fingerprint density at radius 3 is 2.78 bits per heavy atom. The maximum Gasteiger partial charge on any atom is 0.254 e. The van der Waals surface area contributed by atoms with Gasteiger partial charge < -0.3 is 4.90 Å². The minimum absolute atomic E-state index is 0.0926. The van der Waals surface area contributed by atoms with Crippen molar-refractivity contribution in [3.63, 3.8) is 0 Å². The Morgan fingerprint density at radius 1 is 1.22 bits per heavy atom. The predicted octanol–water partition coefficient (Wildman–Crippen LogP) is 3.89. The molecule has 1 aromatic carbocycles. The molecule has 3 heterocycles. The number of hydrogen-bond donors (Lipinski definition) is 0.